The Morgan fingerprint density at radius 1 is 1.41 bits per heavy atom. The van der Waals surface area contributed by atoms with E-state index in [1.807, 2.05) is 0 Å². The fraction of sp³-hybridized carbons (Fsp3) is 0.538. The van der Waals surface area contributed by atoms with Crippen LogP contribution in [0.4, 0.5) is 4.39 Å². The number of rotatable bonds is 7. The molecule has 0 aromatic heterocycles. The minimum absolute atomic E-state index is 0.0862. The van der Waals surface area contributed by atoms with Gasteiger partial charge in [0.15, 0.2) is 0 Å². The summed E-state index contributed by atoms with van der Waals surface area (Å²) in [4.78, 5) is 0. The largest absolute Gasteiger partial charge is 0.489 e. The van der Waals surface area contributed by atoms with E-state index in [0.717, 1.165) is 25.9 Å². The Hall–Kier alpha value is -0.800. The highest BCUT2D eigenvalue weighted by Gasteiger charge is 2.09. The van der Waals surface area contributed by atoms with E-state index >= 15 is 0 Å². The summed E-state index contributed by atoms with van der Waals surface area (Å²) in [6.07, 6.45) is 2.08. The Labute approximate surface area is 107 Å². The van der Waals surface area contributed by atoms with E-state index in [9.17, 15) is 4.39 Å². The molecule has 0 spiro atoms. The zero-order valence-electron chi connectivity index (χ0n) is 10.3. The first-order valence-electron chi connectivity index (χ1n) is 5.99. The molecule has 17 heavy (non-hydrogen) atoms. The van der Waals surface area contributed by atoms with Crippen LogP contribution in [0.5, 0.6) is 5.75 Å². The van der Waals surface area contributed by atoms with Crippen LogP contribution >= 0.6 is 11.6 Å². The maximum absolute atomic E-state index is 13.0. The van der Waals surface area contributed by atoms with Gasteiger partial charge in [-0.1, -0.05) is 25.4 Å². The first-order chi connectivity index (χ1) is 8.17. The van der Waals surface area contributed by atoms with E-state index in [1.165, 1.54) is 12.1 Å². The normalized spacial score (nSPS) is 12.5. The van der Waals surface area contributed by atoms with Gasteiger partial charge in [-0.2, -0.15) is 0 Å². The first kappa shape index (κ1) is 14.3. The number of ether oxygens (including phenoxy) is 1. The predicted molar refractivity (Wildman–Crippen MR) is 69.3 cm³/mol. The van der Waals surface area contributed by atoms with Gasteiger partial charge < -0.3 is 10.1 Å². The van der Waals surface area contributed by atoms with Crippen molar-refractivity contribution in [1.82, 2.24) is 5.32 Å². The van der Waals surface area contributed by atoms with Gasteiger partial charge in [-0.25, -0.2) is 4.39 Å². The zero-order chi connectivity index (χ0) is 12.7. The third-order valence-corrected chi connectivity index (χ3v) is 2.74. The monoisotopic (exact) mass is 259 g/mol. The second kappa shape index (κ2) is 7.51. The minimum Gasteiger partial charge on any atom is -0.489 e. The minimum atomic E-state index is -0.420. The Bertz CT molecular complexity index is 346. The smallest absolute Gasteiger partial charge is 0.142 e. The van der Waals surface area contributed by atoms with Gasteiger partial charge in [-0.05, 0) is 31.5 Å². The van der Waals surface area contributed by atoms with Crippen molar-refractivity contribution in [3.05, 3.63) is 29.0 Å². The van der Waals surface area contributed by atoms with Crippen molar-refractivity contribution >= 4 is 11.6 Å². The average molecular weight is 260 g/mol. The summed E-state index contributed by atoms with van der Waals surface area (Å²) in [6, 6.07) is 4.44. The van der Waals surface area contributed by atoms with E-state index in [1.54, 1.807) is 6.07 Å². The van der Waals surface area contributed by atoms with Gasteiger partial charge in [0.1, 0.15) is 17.7 Å². The molecule has 1 atom stereocenters. The molecule has 1 aromatic carbocycles. The maximum atomic E-state index is 13.0. The molecule has 0 amide bonds. The Morgan fingerprint density at radius 3 is 2.76 bits per heavy atom. The van der Waals surface area contributed by atoms with Crippen LogP contribution in [0.25, 0.3) is 0 Å². The second-order valence-corrected chi connectivity index (χ2v) is 4.34. The molecule has 0 aliphatic carbocycles. The molecular weight excluding hydrogens is 241 g/mol. The van der Waals surface area contributed by atoms with Crippen molar-refractivity contribution in [2.45, 2.75) is 32.8 Å². The van der Waals surface area contributed by atoms with Crippen molar-refractivity contribution in [2.24, 2.45) is 0 Å². The third kappa shape index (κ3) is 4.92. The van der Waals surface area contributed by atoms with E-state index < -0.39 is 5.82 Å². The maximum Gasteiger partial charge on any atom is 0.142 e. The SMILES string of the molecule is CCCNCC(CC)Oc1ccc(F)c(Cl)c1. The van der Waals surface area contributed by atoms with Gasteiger partial charge in [0, 0.05) is 12.6 Å². The molecule has 4 heteroatoms. The lowest BCUT2D eigenvalue weighted by atomic mass is 10.2. The summed E-state index contributed by atoms with van der Waals surface area (Å²) in [5.41, 5.74) is 0. The molecule has 0 heterocycles. The molecule has 1 N–H and O–H groups in total. The van der Waals surface area contributed by atoms with Crippen molar-refractivity contribution in [3.63, 3.8) is 0 Å². The quantitative estimate of drug-likeness (QED) is 0.755. The molecule has 1 unspecified atom stereocenters. The summed E-state index contributed by atoms with van der Waals surface area (Å²) in [6.45, 7) is 5.95. The van der Waals surface area contributed by atoms with Crippen LogP contribution in [0.1, 0.15) is 26.7 Å². The van der Waals surface area contributed by atoms with Crippen molar-refractivity contribution in [1.29, 1.82) is 0 Å². The molecule has 0 aliphatic rings. The van der Waals surface area contributed by atoms with Crippen molar-refractivity contribution in [3.8, 4) is 5.75 Å². The van der Waals surface area contributed by atoms with E-state index in [0.29, 0.717) is 5.75 Å². The molecule has 0 saturated carbocycles. The summed E-state index contributed by atoms with van der Waals surface area (Å²) in [7, 11) is 0. The predicted octanol–water partition coefficient (Wildman–Crippen LogP) is 3.64. The summed E-state index contributed by atoms with van der Waals surface area (Å²) < 4.78 is 18.7. The van der Waals surface area contributed by atoms with Gasteiger partial charge >= 0.3 is 0 Å². The Morgan fingerprint density at radius 2 is 2.18 bits per heavy atom. The standard InChI is InChI=1S/C13H19ClFNO/c1-3-7-16-9-10(4-2)17-11-5-6-13(15)12(14)8-11/h5-6,8,10,16H,3-4,7,9H2,1-2H3. The Balaban J connectivity index is 2.51. The number of hydrogen-bond donors (Lipinski definition) is 1. The highest BCUT2D eigenvalue weighted by Crippen LogP contribution is 2.22. The highest BCUT2D eigenvalue weighted by atomic mass is 35.5. The van der Waals surface area contributed by atoms with E-state index in [2.05, 4.69) is 19.2 Å². The van der Waals surface area contributed by atoms with Gasteiger partial charge in [0.2, 0.25) is 0 Å². The lowest BCUT2D eigenvalue weighted by Crippen LogP contribution is -2.31. The number of halogens is 2. The third-order valence-electron chi connectivity index (χ3n) is 2.45. The fourth-order valence-electron chi connectivity index (χ4n) is 1.45. The highest BCUT2D eigenvalue weighted by molar-refractivity contribution is 6.30. The summed E-state index contributed by atoms with van der Waals surface area (Å²) in [5.74, 6) is 0.192. The van der Waals surface area contributed by atoms with Crippen molar-refractivity contribution in [2.75, 3.05) is 13.1 Å². The van der Waals surface area contributed by atoms with Crippen LogP contribution in [0.3, 0.4) is 0 Å². The molecule has 96 valence electrons. The van der Waals surface area contributed by atoms with Crippen LogP contribution in [-0.4, -0.2) is 19.2 Å². The topological polar surface area (TPSA) is 21.3 Å². The molecule has 0 fully saturated rings. The molecular formula is C13H19ClFNO. The van der Waals surface area contributed by atoms with Crippen LogP contribution in [-0.2, 0) is 0 Å². The Kier molecular flexibility index (Phi) is 6.30. The van der Waals surface area contributed by atoms with Gasteiger partial charge in [0.25, 0.3) is 0 Å². The van der Waals surface area contributed by atoms with Crippen molar-refractivity contribution < 1.29 is 9.13 Å². The average Bonchev–Trinajstić information content (AvgIpc) is 2.32. The lowest BCUT2D eigenvalue weighted by molar-refractivity contribution is 0.193. The van der Waals surface area contributed by atoms with Crippen LogP contribution in [0.2, 0.25) is 5.02 Å². The van der Waals surface area contributed by atoms with Gasteiger partial charge in [-0.15, -0.1) is 0 Å². The number of benzene rings is 1. The fourth-order valence-corrected chi connectivity index (χ4v) is 1.62. The van der Waals surface area contributed by atoms with Crippen LogP contribution in [0, 0.1) is 5.82 Å². The molecule has 0 bridgehead atoms. The van der Waals surface area contributed by atoms with Gasteiger partial charge in [-0.3, -0.25) is 0 Å². The summed E-state index contributed by atoms with van der Waals surface area (Å²) >= 11 is 5.70. The summed E-state index contributed by atoms with van der Waals surface area (Å²) in [5, 5.41) is 3.40. The molecule has 2 nitrogen and oxygen atoms in total. The van der Waals surface area contributed by atoms with E-state index in [4.69, 9.17) is 16.3 Å². The number of hydrogen-bond acceptors (Lipinski definition) is 2. The first-order valence-corrected chi connectivity index (χ1v) is 6.37. The molecule has 1 aromatic rings. The van der Waals surface area contributed by atoms with Crippen LogP contribution in [0.15, 0.2) is 18.2 Å². The zero-order valence-corrected chi connectivity index (χ0v) is 11.1. The molecule has 0 aliphatic heterocycles. The van der Waals surface area contributed by atoms with Gasteiger partial charge in [0.05, 0.1) is 5.02 Å². The second-order valence-electron chi connectivity index (χ2n) is 3.93. The molecule has 0 saturated heterocycles. The van der Waals surface area contributed by atoms with Crippen LogP contribution < -0.4 is 10.1 Å². The molecule has 1 rings (SSSR count). The lowest BCUT2D eigenvalue weighted by Gasteiger charge is -2.18. The molecule has 0 radical (unpaired) electrons. The number of nitrogens with one attached hydrogen (secondary N) is 1. The van der Waals surface area contributed by atoms with E-state index in [-0.39, 0.29) is 11.1 Å².